The molecule has 1 amide bonds. The van der Waals surface area contributed by atoms with Crippen LogP contribution in [0.5, 0.6) is 5.75 Å². The highest BCUT2D eigenvalue weighted by Crippen LogP contribution is 2.19. The average Bonchev–Trinajstić information content (AvgIpc) is 3.20. The van der Waals surface area contributed by atoms with Gasteiger partial charge in [0.25, 0.3) is 5.91 Å². The molecule has 0 aliphatic rings. The van der Waals surface area contributed by atoms with E-state index in [9.17, 15) is 9.59 Å². The number of amides is 1. The summed E-state index contributed by atoms with van der Waals surface area (Å²) in [7, 11) is 1.30. The van der Waals surface area contributed by atoms with Gasteiger partial charge >= 0.3 is 5.97 Å². The maximum atomic E-state index is 12.4. The molecule has 0 aliphatic carbocycles. The zero-order valence-electron chi connectivity index (χ0n) is 14.0. The maximum Gasteiger partial charge on any atom is 0.339 e. The van der Waals surface area contributed by atoms with Gasteiger partial charge in [-0.05, 0) is 36.4 Å². The van der Waals surface area contributed by atoms with Crippen LogP contribution in [-0.4, -0.2) is 24.0 Å². The van der Waals surface area contributed by atoms with Gasteiger partial charge in [-0.15, -0.1) is 11.3 Å². The van der Waals surface area contributed by atoms with Gasteiger partial charge in [-0.2, -0.15) is 0 Å². The molecule has 26 heavy (non-hydrogen) atoms. The summed E-state index contributed by atoms with van der Waals surface area (Å²) in [6.45, 7) is 0.377. The molecule has 0 saturated carbocycles. The first-order valence-corrected chi connectivity index (χ1v) is 8.70. The lowest BCUT2D eigenvalue weighted by molar-refractivity contribution is 0.0602. The van der Waals surface area contributed by atoms with Gasteiger partial charge in [0.2, 0.25) is 0 Å². The van der Waals surface area contributed by atoms with E-state index in [1.54, 1.807) is 54.0 Å². The first-order valence-electron chi connectivity index (χ1n) is 7.76. The van der Waals surface area contributed by atoms with E-state index in [0.29, 0.717) is 29.2 Å². The second-order valence-corrected chi connectivity index (χ2v) is 6.00. The second-order valence-electron chi connectivity index (χ2n) is 5.28. The fourth-order valence-electron chi connectivity index (χ4n) is 2.24. The van der Waals surface area contributed by atoms with Gasteiger partial charge in [-0.1, -0.05) is 12.1 Å². The Labute approximate surface area is 154 Å². The molecule has 0 radical (unpaired) electrons. The molecule has 1 heterocycles. The van der Waals surface area contributed by atoms with Crippen molar-refractivity contribution >= 4 is 28.9 Å². The zero-order chi connectivity index (χ0) is 18.4. The number of carbonyl (C=O) groups is 2. The Morgan fingerprint density at radius 3 is 2.58 bits per heavy atom. The van der Waals surface area contributed by atoms with E-state index in [1.807, 2.05) is 5.38 Å². The highest BCUT2D eigenvalue weighted by molar-refractivity contribution is 7.07. The van der Waals surface area contributed by atoms with Crippen LogP contribution in [0.3, 0.4) is 0 Å². The summed E-state index contributed by atoms with van der Waals surface area (Å²) in [6, 6.07) is 13.4. The summed E-state index contributed by atoms with van der Waals surface area (Å²) in [5, 5.41) is 4.64. The molecule has 1 N–H and O–H groups in total. The number of ether oxygens (including phenoxy) is 2. The third-order valence-electron chi connectivity index (χ3n) is 3.57. The Kier molecular flexibility index (Phi) is 5.60. The fraction of sp³-hybridized carbons (Fsp3) is 0.105. The number of methoxy groups -OCH3 is 1. The number of aromatic nitrogens is 1. The van der Waals surface area contributed by atoms with E-state index in [1.165, 1.54) is 18.4 Å². The zero-order valence-corrected chi connectivity index (χ0v) is 14.8. The lowest BCUT2D eigenvalue weighted by atomic mass is 10.1. The van der Waals surface area contributed by atoms with Crippen molar-refractivity contribution in [2.24, 2.45) is 0 Å². The van der Waals surface area contributed by atoms with E-state index < -0.39 is 5.97 Å². The highest BCUT2D eigenvalue weighted by atomic mass is 32.1. The first-order chi connectivity index (χ1) is 12.7. The summed E-state index contributed by atoms with van der Waals surface area (Å²) in [6.07, 6.45) is 0. The molecule has 0 unspecified atom stereocenters. The molecule has 0 fully saturated rings. The van der Waals surface area contributed by atoms with E-state index in [4.69, 9.17) is 9.47 Å². The number of hydrogen-bond donors (Lipinski definition) is 1. The standard InChI is InChI=1S/C19H16N2O4S/c1-24-19(23)16-4-2-3-5-17(16)21-18(22)13-6-8-15(9-7-13)25-10-14-11-26-12-20-14/h2-9,11-12H,10H2,1H3,(H,21,22). The molecular weight excluding hydrogens is 352 g/mol. The Morgan fingerprint density at radius 2 is 1.88 bits per heavy atom. The van der Waals surface area contributed by atoms with Crippen LogP contribution >= 0.6 is 11.3 Å². The number of para-hydroxylation sites is 1. The first kappa shape index (κ1) is 17.6. The van der Waals surface area contributed by atoms with E-state index in [-0.39, 0.29) is 5.91 Å². The molecule has 132 valence electrons. The molecule has 1 aromatic heterocycles. The van der Waals surface area contributed by atoms with Gasteiger partial charge < -0.3 is 14.8 Å². The van der Waals surface area contributed by atoms with Gasteiger partial charge in [0.15, 0.2) is 0 Å². The van der Waals surface area contributed by atoms with Crippen LogP contribution in [0.25, 0.3) is 0 Å². The number of carbonyl (C=O) groups excluding carboxylic acids is 2. The number of rotatable bonds is 6. The second kappa shape index (κ2) is 8.26. The minimum Gasteiger partial charge on any atom is -0.487 e. The Morgan fingerprint density at radius 1 is 1.12 bits per heavy atom. The van der Waals surface area contributed by atoms with Crippen molar-refractivity contribution in [1.82, 2.24) is 4.98 Å². The molecule has 6 nitrogen and oxygen atoms in total. The number of anilines is 1. The Hall–Kier alpha value is -3.19. The van der Waals surface area contributed by atoms with Crippen molar-refractivity contribution in [1.29, 1.82) is 0 Å². The average molecular weight is 368 g/mol. The van der Waals surface area contributed by atoms with Crippen molar-refractivity contribution < 1.29 is 19.1 Å². The number of benzene rings is 2. The molecule has 0 atom stereocenters. The number of nitrogens with zero attached hydrogens (tertiary/aromatic N) is 1. The molecule has 0 aliphatic heterocycles. The lowest BCUT2D eigenvalue weighted by Crippen LogP contribution is -2.15. The minimum atomic E-state index is -0.508. The van der Waals surface area contributed by atoms with Crippen LogP contribution in [0.15, 0.2) is 59.4 Å². The molecule has 3 rings (SSSR count). The topological polar surface area (TPSA) is 77.5 Å². The SMILES string of the molecule is COC(=O)c1ccccc1NC(=O)c1ccc(OCc2cscn2)cc1. The Balaban J connectivity index is 1.66. The number of esters is 1. The number of nitrogens with one attached hydrogen (secondary N) is 1. The highest BCUT2D eigenvalue weighted by Gasteiger charge is 2.14. The summed E-state index contributed by atoms with van der Waals surface area (Å²) in [5.74, 6) is -0.191. The van der Waals surface area contributed by atoms with Gasteiger partial charge in [0.05, 0.1) is 29.6 Å². The van der Waals surface area contributed by atoms with E-state index >= 15 is 0 Å². The van der Waals surface area contributed by atoms with Gasteiger partial charge in [-0.3, -0.25) is 4.79 Å². The van der Waals surface area contributed by atoms with Crippen LogP contribution in [0, 0.1) is 0 Å². The van der Waals surface area contributed by atoms with E-state index in [0.717, 1.165) is 5.69 Å². The molecule has 7 heteroatoms. The van der Waals surface area contributed by atoms with Crippen molar-refractivity contribution in [2.45, 2.75) is 6.61 Å². The smallest absolute Gasteiger partial charge is 0.339 e. The van der Waals surface area contributed by atoms with Crippen molar-refractivity contribution in [3.05, 3.63) is 76.2 Å². The third kappa shape index (κ3) is 4.25. The van der Waals surface area contributed by atoms with E-state index in [2.05, 4.69) is 10.3 Å². The summed E-state index contributed by atoms with van der Waals surface area (Å²) in [5.41, 5.74) is 3.75. The number of hydrogen-bond acceptors (Lipinski definition) is 6. The van der Waals surface area contributed by atoms with Crippen LogP contribution in [0.1, 0.15) is 26.4 Å². The quantitative estimate of drug-likeness (QED) is 0.670. The summed E-state index contributed by atoms with van der Waals surface area (Å²) in [4.78, 5) is 28.3. The Bertz CT molecular complexity index is 892. The van der Waals surface area contributed by atoms with Crippen molar-refractivity contribution in [3.63, 3.8) is 0 Å². The molecule has 0 bridgehead atoms. The molecule has 3 aromatic rings. The predicted octanol–water partition coefficient (Wildman–Crippen LogP) is 3.76. The van der Waals surface area contributed by atoms with Gasteiger partial charge in [0, 0.05) is 10.9 Å². The minimum absolute atomic E-state index is 0.298. The summed E-state index contributed by atoms with van der Waals surface area (Å²) >= 11 is 1.51. The third-order valence-corrected chi connectivity index (χ3v) is 4.20. The predicted molar refractivity (Wildman–Crippen MR) is 98.6 cm³/mol. The number of thiazole rings is 1. The van der Waals surface area contributed by atoms with Crippen LogP contribution in [0.2, 0.25) is 0 Å². The fourth-order valence-corrected chi connectivity index (χ4v) is 2.79. The van der Waals surface area contributed by atoms with Crippen LogP contribution in [-0.2, 0) is 11.3 Å². The van der Waals surface area contributed by atoms with Crippen molar-refractivity contribution in [2.75, 3.05) is 12.4 Å². The van der Waals surface area contributed by atoms with Crippen LogP contribution in [0.4, 0.5) is 5.69 Å². The van der Waals surface area contributed by atoms with Crippen LogP contribution < -0.4 is 10.1 Å². The lowest BCUT2D eigenvalue weighted by Gasteiger charge is -2.10. The van der Waals surface area contributed by atoms with Gasteiger partial charge in [0.1, 0.15) is 12.4 Å². The van der Waals surface area contributed by atoms with Crippen molar-refractivity contribution in [3.8, 4) is 5.75 Å². The molecule has 0 saturated heterocycles. The normalized spacial score (nSPS) is 10.2. The summed E-state index contributed by atoms with van der Waals surface area (Å²) < 4.78 is 10.3. The molecule has 0 spiro atoms. The molecular formula is C19H16N2O4S. The van der Waals surface area contributed by atoms with Gasteiger partial charge in [-0.25, -0.2) is 9.78 Å². The largest absolute Gasteiger partial charge is 0.487 e. The monoisotopic (exact) mass is 368 g/mol. The maximum absolute atomic E-state index is 12.4. The molecule has 2 aromatic carbocycles.